The van der Waals surface area contributed by atoms with Gasteiger partial charge in [-0.05, 0) is 48.5 Å². The number of aromatic nitrogens is 2. The van der Waals surface area contributed by atoms with Crippen molar-refractivity contribution < 1.29 is 18.7 Å². The number of carboxylic acids is 1. The Morgan fingerprint density at radius 1 is 1.00 bits per heavy atom. The number of carboxylic acid groups (broad SMARTS) is 1. The van der Waals surface area contributed by atoms with Crippen LogP contribution in [-0.4, -0.2) is 39.5 Å². The first kappa shape index (κ1) is 17.9. The van der Waals surface area contributed by atoms with Crippen molar-refractivity contribution in [2.24, 2.45) is 0 Å². The summed E-state index contributed by atoms with van der Waals surface area (Å²) in [6, 6.07) is 11.4. The van der Waals surface area contributed by atoms with Crippen molar-refractivity contribution in [2.75, 3.05) is 0 Å². The fraction of sp³-hybridized carbons (Fsp3) is 0.0588. The van der Waals surface area contributed by atoms with E-state index >= 15 is 0 Å². The van der Waals surface area contributed by atoms with Crippen molar-refractivity contribution in [3.05, 3.63) is 72.2 Å². The van der Waals surface area contributed by atoms with E-state index in [-0.39, 0.29) is 36.9 Å². The Morgan fingerprint density at radius 3 is 2.08 bits per heavy atom. The van der Waals surface area contributed by atoms with Gasteiger partial charge in [0.1, 0.15) is 23.9 Å². The molecule has 4 nitrogen and oxygen atoms in total. The predicted octanol–water partition coefficient (Wildman–Crippen LogP) is 2.80. The zero-order chi connectivity index (χ0) is 16.4. The van der Waals surface area contributed by atoms with Crippen molar-refractivity contribution >= 4 is 24.8 Å². The van der Waals surface area contributed by atoms with Crippen molar-refractivity contribution in [1.29, 1.82) is 0 Å². The van der Waals surface area contributed by atoms with E-state index in [0.29, 0.717) is 22.8 Å². The van der Waals surface area contributed by atoms with Gasteiger partial charge in [0.15, 0.2) is 0 Å². The molecule has 0 bridgehead atoms. The zero-order valence-corrected chi connectivity index (χ0v) is 11.9. The first-order valence-electron chi connectivity index (χ1n) is 6.85. The average Bonchev–Trinajstić information content (AvgIpc) is 2.92. The molecule has 1 heterocycles. The topological polar surface area (TPSA) is 55.1 Å². The minimum atomic E-state index is -1.02. The van der Waals surface area contributed by atoms with E-state index in [1.54, 1.807) is 22.9 Å². The fourth-order valence-electron chi connectivity index (χ4n) is 2.26. The Kier molecular flexibility index (Phi) is 5.55. The van der Waals surface area contributed by atoms with Crippen LogP contribution in [0.25, 0.3) is 16.9 Å². The molecule has 0 saturated carbocycles. The Bertz CT molecular complexity index is 846. The molecule has 0 saturated heterocycles. The van der Waals surface area contributed by atoms with Crippen LogP contribution in [-0.2, 0) is 11.2 Å². The third kappa shape index (κ3) is 3.91. The van der Waals surface area contributed by atoms with Gasteiger partial charge in [-0.1, -0.05) is 0 Å². The first-order chi connectivity index (χ1) is 11.0. The maximum absolute atomic E-state index is 13.1. The number of hydrogen-bond donors (Lipinski definition) is 1. The molecular formula is C17H13F2LiN2O2. The summed E-state index contributed by atoms with van der Waals surface area (Å²) in [4.78, 5) is 15.3. The molecule has 2 aromatic carbocycles. The SMILES string of the molecule is O=C(O)Cc1nc(-c2ccc(F)cc2)cn1-c1ccc(F)cc1.[LiH]. The molecule has 0 unspecified atom stereocenters. The standard InChI is InChI=1S/C17H12F2N2O2.Li.H/c18-12-3-1-11(2-4-12)15-10-21(16(20-15)9-17(22)23)14-7-5-13(19)6-8-14;;/h1-8,10H,9H2,(H,22,23);;. The van der Waals surface area contributed by atoms with E-state index in [1.165, 1.54) is 36.4 Å². The van der Waals surface area contributed by atoms with Crippen LogP contribution in [0.1, 0.15) is 5.82 Å². The predicted molar refractivity (Wildman–Crippen MR) is 87.4 cm³/mol. The van der Waals surface area contributed by atoms with Gasteiger partial charge in [-0.15, -0.1) is 0 Å². The van der Waals surface area contributed by atoms with E-state index in [2.05, 4.69) is 4.98 Å². The number of imidazole rings is 1. The molecule has 0 radical (unpaired) electrons. The van der Waals surface area contributed by atoms with E-state index < -0.39 is 5.97 Å². The Morgan fingerprint density at radius 2 is 1.54 bits per heavy atom. The van der Waals surface area contributed by atoms with Crippen LogP contribution < -0.4 is 0 Å². The summed E-state index contributed by atoms with van der Waals surface area (Å²) < 4.78 is 27.7. The Balaban J connectivity index is 0.00000208. The molecule has 0 atom stereocenters. The van der Waals surface area contributed by atoms with Crippen LogP contribution in [0.15, 0.2) is 54.7 Å². The second-order valence-corrected chi connectivity index (χ2v) is 4.97. The normalized spacial score (nSPS) is 10.2. The van der Waals surface area contributed by atoms with Crippen LogP contribution in [0.3, 0.4) is 0 Å². The summed E-state index contributed by atoms with van der Waals surface area (Å²) >= 11 is 0. The van der Waals surface area contributed by atoms with Crippen LogP contribution in [0.4, 0.5) is 8.78 Å². The number of benzene rings is 2. The van der Waals surface area contributed by atoms with Gasteiger partial charge in [-0.3, -0.25) is 4.79 Å². The molecule has 1 aromatic heterocycles. The van der Waals surface area contributed by atoms with Crippen LogP contribution in [0.5, 0.6) is 0 Å². The molecule has 0 aliphatic rings. The minimum absolute atomic E-state index is 0. The van der Waals surface area contributed by atoms with Gasteiger partial charge >= 0.3 is 24.8 Å². The summed E-state index contributed by atoms with van der Waals surface area (Å²) in [5.74, 6) is -1.46. The summed E-state index contributed by atoms with van der Waals surface area (Å²) in [5.41, 5.74) is 1.79. The monoisotopic (exact) mass is 322 g/mol. The van der Waals surface area contributed by atoms with Crippen molar-refractivity contribution in [3.63, 3.8) is 0 Å². The molecule has 0 spiro atoms. The summed E-state index contributed by atoms with van der Waals surface area (Å²) in [6.45, 7) is 0. The molecule has 1 N–H and O–H groups in total. The number of rotatable bonds is 4. The summed E-state index contributed by atoms with van der Waals surface area (Å²) in [6.07, 6.45) is 1.37. The van der Waals surface area contributed by atoms with E-state index in [9.17, 15) is 13.6 Å². The van der Waals surface area contributed by atoms with E-state index in [0.717, 1.165) is 0 Å². The fourth-order valence-corrected chi connectivity index (χ4v) is 2.26. The number of aliphatic carboxylic acids is 1. The molecule has 0 aliphatic heterocycles. The van der Waals surface area contributed by atoms with E-state index in [1.807, 2.05) is 0 Å². The Hall–Kier alpha value is -2.42. The van der Waals surface area contributed by atoms with Crippen molar-refractivity contribution in [1.82, 2.24) is 9.55 Å². The molecular weight excluding hydrogens is 309 g/mol. The van der Waals surface area contributed by atoms with Crippen LogP contribution in [0.2, 0.25) is 0 Å². The van der Waals surface area contributed by atoms with Crippen LogP contribution in [0, 0.1) is 11.6 Å². The summed E-state index contributed by atoms with van der Waals surface area (Å²) in [7, 11) is 0. The third-order valence-electron chi connectivity index (χ3n) is 3.33. The molecule has 0 fully saturated rings. The van der Waals surface area contributed by atoms with E-state index in [4.69, 9.17) is 5.11 Å². The average molecular weight is 322 g/mol. The van der Waals surface area contributed by atoms with Crippen LogP contribution >= 0.6 is 0 Å². The number of nitrogens with zero attached hydrogens (tertiary/aromatic N) is 2. The molecule has 0 amide bonds. The Labute approximate surface area is 148 Å². The second-order valence-electron chi connectivity index (χ2n) is 4.97. The third-order valence-corrected chi connectivity index (χ3v) is 3.33. The molecule has 7 heteroatoms. The van der Waals surface area contributed by atoms with Gasteiger partial charge in [0.05, 0.1) is 5.69 Å². The zero-order valence-electron chi connectivity index (χ0n) is 11.9. The molecule has 0 aliphatic carbocycles. The van der Waals surface area contributed by atoms with Gasteiger partial charge in [-0.25, -0.2) is 13.8 Å². The van der Waals surface area contributed by atoms with Crippen molar-refractivity contribution in [2.45, 2.75) is 6.42 Å². The molecule has 3 aromatic rings. The number of carbonyl (C=O) groups is 1. The number of halogens is 2. The molecule has 24 heavy (non-hydrogen) atoms. The van der Waals surface area contributed by atoms with Gasteiger partial charge in [0.2, 0.25) is 0 Å². The maximum atomic E-state index is 13.1. The molecule has 118 valence electrons. The van der Waals surface area contributed by atoms with Gasteiger partial charge in [0, 0.05) is 17.4 Å². The number of hydrogen-bond acceptors (Lipinski definition) is 2. The summed E-state index contributed by atoms with van der Waals surface area (Å²) in [5, 5.41) is 9.04. The van der Waals surface area contributed by atoms with Gasteiger partial charge < -0.3 is 9.67 Å². The molecule has 3 rings (SSSR count). The first-order valence-corrected chi connectivity index (χ1v) is 6.85. The van der Waals surface area contributed by atoms with Gasteiger partial charge in [0.25, 0.3) is 0 Å². The second kappa shape index (κ2) is 7.43. The quantitative estimate of drug-likeness (QED) is 0.752. The van der Waals surface area contributed by atoms with Crippen molar-refractivity contribution in [3.8, 4) is 16.9 Å². The van der Waals surface area contributed by atoms with Gasteiger partial charge in [-0.2, -0.15) is 0 Å².